The van der Waals surface area contributed by atoms with Crippen molar-refractivity contribution < 1.29 is 0 Å². The van der Waals surface area contributed by atoms with Crippen molar-refractivity contribution in [3.05, 3.63) is 37.7 Å². The topological polar surface area (TPSA) is 24.9 Å². The molecule has 0 amide bonds. The monoisotopic (exact) mass is 366 g/mol. The number of nitrogens with one attached hydrogen (secondary N) is 1. The molecule has 0 aliphatic heterocycles. The van der Waals surface area contributed by atoms with Gasteiger partial charge in [0.1, 0.15) is 5.15 Å². The van der Waals surface area contributed by atoms with Gasteiger partial charge in [-0.05, 0) is 44.0 Å². The van der Waals surface area contributed by atoms with Crippen LogP contribution in [0.5, 0.6) is 0 Å². The zero-order valence-electron chi connectivity index (χ0n) is 7.30. The second-order valence-corrected chi connectivity index (χ2v) is 5.65. The van der Waals surface area contributed by atoms with Gasteiger partial charge in [0.2, 0.25) is 0 Å². The first-order valence-corrected chi connectivity index (χ1v) is 6.83. The first kappa shape index (κ1) is 11.4. The molecule has 1 heterocycles. The Balaban J connectivity index is 2.31. The predicted octanol–water partition coefficient (Wildman–Crippen LogP) is 5.07. The van der Waals surface area contributed by atoms with Crippen LogP contribution in [-0.4, -0.2) is 4.98 Å². The number of nitrogens with zero attached hydrogens (tertiary/aromatic N) is 1. The van der Waals surface area contributed by atoms with Gasteiger partial charge in [0, 0.05) is 14.3 Å². The van der Waals surface area contributed by atoms with Crippen LogP contribution in [0.1, 0.15) is 0 Å². The SMILES string of the molecule is Clc1csc(Nc2c(Br)cccc2Br)n1. The van der Waals surface area contributed by atoms with Gasteiger partial charge in [0.15, 0.2) is 5.13 Å². The van der Waals surface area contributed by atoms with E-state index >= 15 is 0 Å². The van der Waals surface area contributed by atoms with E-state index in [1.54, 1.807) is 5.38 Å². The van der Waals surface area contributed by atoms with Crippen LogP contribution >= 0.6 is 54.8 Å². The molecule has 2 aromatic rings. The number of hydrogen-bond acceptors (Lipinski definition) is 3. The van der Waals surface area contributed by atoms with Crippen LogP contribution < -0.4 is 5.32 Å². The maximum Gasteiger partial charge on any atom is 0.188 e. The van der Waals surface area contributed by atoms with Crippen molar-refractivity contribution in [2.75, 3.05) is 5.32 Å². The van der Waals surface area contributed by atoms with Crippen molar-refractivity contribution in [2.24, 2.45) is 0 Å². The number of thiazole rings is 1. The lowest BCUT2D eigenvalue weighted by molar-refractivity contribution is 1.38. The van der Waals surface area contributed by atoms with E-state index in [1.807, 2.05) is 18.2 Å². The summed E-state index contributed by atoms with van der Waals surface area (Å²) in [5, 5.41) is 6.25. The Kier molecular flexibility index (Phi) is 3.66. The van der Waals surface area contributed by atoms with Crippen LogP contribution in [-0.2, 0) is 0 Å². The summed E-state index contributed by atoms with van der Waals surface area (Å²) >= 11 is 14.1. The van der Waals surface area contributed by atoms with Gasteiger partial charge in [-0.25, -0.2) is 4.98 Å². The van der Waals surface area contributed by atoms with Crippen molar-refractivity contribution in [2.45, 2.75) is 0 Å². The summed E-state index contributed by atoms with van der Waals surface area (Å²) in [6.07, 6.45) is 0. The summed E-state index contributed by atoms with van der Waals surface area (Å²) in [5.74, 6) is 0. The van der Waals surface area contributed by atoms with E-state index < -0.39 is 0 Å². The zero-order chi connectivity index (χ0) is 10.8. The van der Waals surface area contributed by atoms with Gasteiger partial charge < -0.3 is 5.32 Å². The molecule has 0 bridgehead atoms. The molecule has 0 aliphatic carbocycles. The number of aromatic nitrogens is 1. The molecule has 0 fully saturated rings. The maximum atomic E-state index is 5.74. The van der Waals surface area contributed by atoms with E-state index in [0.717, 1.165) is 19.8 Å². The number of para-hydroxylation sites is 1. The van der Waals surface area contributed by atoms with Crippen molar-refractivity contribution in [1.82, 2.24) is 4.98 Å². The molecule has 1 N–H and O–H groups in total. The lowest BCUT2D eigenvalue weighted by Gasteiger charge is -2.07. The molecule has 0 saturated heterocycles. The quantitative estimate of drug-likeness (QED) is 0.801. The minimum Gasteiger partial charge on any atom is -0.330 e. The van der Waals surface area contributed by atoms with Crippen molar-refractivity contribution in [1.29, 1.82) is 0 Å². The summed E-state index contributed by atoms with van der Waals surface area (Å²) in [4.78, 5) is 4.12. The Labute approximate surface area is 113 Å². The van der Waals surface area contributed by atoms with Crippen LogP contribution in [0, 0.1) is 0 Å². The largest absolute Gasteiger partial charge is 0.330 e. The summed E-state index contributed by atoms with van der Waals surface area (Å²) in [6, 6.07) is 5.87. The summed E-state index contributed by atoms with van der Waals surface area (Å²) in [7, 11) is 0. The van der Waals surface area contributed by atoms with Crippen molar-refractivity contribution >= 4 is 65.6 Å². The van der Waals surface area contributed by atoms with E-state index in [1.165, 1.54) is 11.3 Å². The van der Waals surface area contributed by atoms with Gasteiger partial charge in [0.25, 0.3) is 0 Å². The molecule has 6 heteroatoms. The first-order valence-electron chi connectivity index (χ1n) is 3.99. The molecule has 2 nitrogen and oxygen atoms in total. The van der Waals surface area contributed by atoms with Gasteiger partial charge in [-0.1, -0.05) is 17.7 Å². The first-order chi connectivity index (χ1) is 7.16. The molecule has 15 heavy (non-hydrogen) atoms. The maximum absolute atomic E-state index is 5.74. The lowest BCUT2D eigenvalue weighted by atomic mass is 10.3. The molecule has 1 aromatic heterocycles. The summed E-state index contributed by atoms with van der Waals surface area (Å²) < 4.78 is 1.95. The number of rotatable bonds is 2. The third-order valence-corrected chi connectivity index (χ3v) is 4.07. The minimum absolute atomic E-state index is 0.505. The number of benzene rings is 1. The summed E-state index contributed by atoms with van der Waals surface area (Å²) in [5.41, 5.74) is 0.948. The highest BCUT2D eigenvalue weighted by Crippen LogP contribution is 2.34. The highest BCUT2D eigenvalue weighted by atomic mass is 79.9. The molecular formula is C9H5Br2ClN2S. The Morgan fingerprint density at radius 2 is 1.93 bits per heavy atom. The van der Waals surface area contributed by atoms with E-state index in [2.05, 4.69) is 42.2 Å². The van der Waals surface area contributed by atoms with Crippen LogP contribution in [0.3, 0.4) is 0 Å². The van der Waals surface area contributed by atoms with Gasteiger partial charge in [0.05, 0.1) is 5.69 Å². The van der Waals surface area contributed by atoms with Crippen LogP contribution in [0.15, 0.2) is 32.5 Å². The zero-order valence-corrected chi connectivity index (χ0v) is 12.0. The predicted molar refractivity (Wildman–Crippen MR) is 72.2 cm³/mol. The van der Waals surface area contributed by atoms with E-state index in [4.69, 9.17) is 11.6 Å². The second-order valence-electron chi connectivity index (χ2n) is 2.70. The fourth-order valence-electron chi connectivity index (χ4n) is 1.04. The molecular weight excluding hydrogens is 363 g/mol. The van der Waals surface area contributed by atoms with Gasteiger partial charge in [-0.15, -0.1) is 11.3 Å². The van der Waals surface area contributed by atoms with Crippen LogP contribution in [0.4, 0.5) is 10.8 Å². The summed E-state index contributed by atoms with van der Waals surface area (Å²) in [6.45, 7) is 0. The highest BCUT2D eigenvalue weighted by Gasteiger charge is 2.06. The van der Waals surface area contributed by atoms with E-state index in [0.29, 0.717) is 5.15 Å². The van der Waals surface area contributed by atoms with E-state index in [-0.39, 0.29) is 0 Å². The molecule has 0 aliphatic rings. The molecule has 1 aromatic carbocycles. The third-order valence-electron chi connectivity index (χ3n) is 1.67. The number of hydrogen-bond donors (Lipinski definition) is 1. The number of halogens is 3. The fourth-order valence-corrected chi connectivity index (χ4v) is 3.07. The molecule has 78 valence electrons. The standard InChI is InChI=1S/C9H5Br2ClN2S/c10-5-2-1-3-6(11)8(5)14-9-13-7(12)4-15-9/h1-4H,(H,13,14). The molecule has 0 unspecified atom stereocenters. The Bertz CT molecular complexity index is 466. The van der Waals surface area contributed by atoms with Crippen LogP contribution in [0.2, 0.25) is 5.15 Å². The molecule has 0 saturated carbocycles. The Hall–Kier alpha value is -0.100. The molecule has 0 spiro atoms. The highest BCUT2D eigenvalue weighted by molar-refractivity contribution is 9.11. The average Bonchev–Trinajstić information content (AvgIpc) is 2.58. The molecule has 0 atom stereocenters. The fraction of sp³-hybridized carbons (Fsp3) is 0. The smallest absolute Gasteiger partial charge is 0.188 e. The normalized spacial score (nSPS) is 10.3. The van der Waals surface area contributed by atoms with Crippen molar-refractivity contribution in [3.8, 4) is 0 Å². The minimum atomic E-state index is 0.505. The Morgan fingerprint density at radius 3 is 2.47 bits per heavy atom. The lowest BCUT2D eigenvalue weighted by Crippen LogP contribution is -1.91. The Morgan fingerprint density at radius 1 is 1.27 bits per heavy atom. The molecule has 0 radical (unpaired) electrons. The van der Waals surface area contributed by atoms with Crippen LogP contribution in [0.25, 0.3) is 0 Å². The van der Waals surface area contributed by atoms with E-state index in [9.17, 15) is 0 Å². The average molecular weight is 368 g/mol. The van der Waals surface area contributed by atoms with Gasteiger partial charge >= 0.3 is 0 Å². The third kappa shape index (κ3) is 2.72. The second kappa shape index (κ2) is 4.82. The van der Waals surface area contributed by atoms with Crippen molar-refractivity contribution in [3.63, 3.8) is 0 Å². The van der Waals surface area contributed by atoms with Gasteiger partial charge in [-0.2, -0.15) is 0 Å². The molecule has 2 rings (SSSR count). The van der Waals surface area contributed by atoms with Gasteiger partial charge in [-0.3, -0.25) is 0 Å². The number of anilines is 2.